The van der Waals surface area contributed by atoms with Crippen LogP contribution < -0.4 is 4.74 Å². The van der Waals surface area contributed by atoms with Crippen molar-refractivity contribution in [2.75, 3.05) is 6.61 Å². The minimum absolute atomic E-state index is 0.0744. The van der Waals surface area contributed by atoms with Gasteiger partial charge in [-0.25, -0.2) is 4.79 Å². The zero-order valence-corrected chi connectivity index (χ0v) is 15.0. The Morgan fingerprint density at radius 2 is 2.00 bits per heavy atom. The lowest BCUT2D eigenvalue weighted by molar-refractivity contribution is -0.143. The van der Waals surface area contributed by atoms with Crippen LogP contribution in [0.1, 0.15) is 6.92 Å². The van der Waals surface area contributed by atoms with Crippen molar-refractivity contribution >= 4 is 35.9 Å². The van der Waals surface area contributed by atoms with Gasteiger partial charge in [0.05, 0.1) is 10.8 Å². The molecule has 1 N–H and O–H groups in total. The number of fused-ring (bicyclic) bond motifs is 1. The topological polar surface area (TPSA) is 110 Å². The fourth-order valence-electron chi connectivity index (χ4n) is 2.71. The second-order valence-electron chi connectivity index (χ2n) is 5.68. The van der Waals surface area contributed by atoms with E-state index in [1.165, 1.54) is 13.2 Å². The Labute approximate surface area is 158 Å². The SMILES string of the molecule is CC(=O)OCC1=C(C(=O)O)N2C(=O)C(=COc3ccccc3)[C@@H]2SC1C=O. The smallest absolute Gasteiger partial charge is 0.352 e. The molecule has 27 heavy (non-hydrogen) atoms. The summed E-state index contributed by atoms with van der Waals surface area (Å²) in [5.41, 5.74) is -0.00900. The number of carboxylic acids is 1. The van der Waals surface area contributed by atoms with E-state index in [4.69, 9.17) is 9.47 Å². The second kappa shape index (κ2) is 7.67. The van der Waals surface area contributed by atoms with Gasteiger partial charge in [0.15, 0.2) is 0 Å². The van der Waals surface area contributed by atoms with Crippen LogP contribution in [0, 0.1) is 0 Å². The number of para-hydroxylation sites is 1. The van der Waals surface area contributed by atoms with Gasteiger partial charge in [-0.3, -0.25) is 14.5 Å². The number of ether oxygens (including phenoxy) is 2. The van der Waals surface area contributed by atoms with Crippen LogP contribution in [0.4, 0.5) is 0 Å². The molecule has 1 unspecified atom stereocenters. The maximum Gasteiger partial charge on any atom is 0.352 e. The van der Waals surface area contributed by atoms with E-state index in [2.05, 4.69) is 0 Å². The molecule has 0 bridgehead atoms. The van der Waals surface area contributed by atoms with Crippen molar-refractivity contribution in [3.05, 3.63) is 53.4 Å². The molecule has 1 saturated heterocycles. The predicted octanol–water partition coefficient (Wildman–Crippen LogP) is 1.33. The minimum atomic E-state index is -1.37. The fraction of sp³-hybridized carbons (Fsp3) is 0.222. The van der Waals surface area contributed by atoms with Gasteiger partial charge < -0.3 is 19.4 Å². The average Bonchev–Trinajstić information content (AvgIpc) is 2.65. The number of amides is 1. The largest absolute Gasteiger partial charge is 0.477 e. The molecule has 0 spiro atoms. The molecule has 3 rings (SSSR count). The summed E-state index contributed by atoms with van der Waals surface area (Å²) >= 11 is 1.09. The van der Waals surface area contributed by atoms with E-state index in [-0.39, 0.29) is 23.5 Å². The van der Waals surface area contributed by atoms with E-state index in [9.17, 15) is 24.3 Å². The van der Waals surface area contributed by atoms with Crippen LogP contribution in [0.3, 0.4) is 0 Å². The number of esters is 1. The highest BCUT2D eigenvalue weighted by Gasteiger charge is 2.52. The molecule has 2 heterocycles. The molecule has 0 radical (unpaired) electrons. The lowest BCUT2D eigenvalue weighted by atomic mass is 10.0. The highest BCUT2D eigenvalue weighted by molar-refractivity contribution is 8.01. The summed E-state index contributed by atoms with van der Waals surface area (Å²) in [4.78, 5) is 47.8. The van der Waals surface area contributed by atoms with Crippen molar-refractivity contribution in [3.63, 3.8) is 0 Å². The number of thioether (sulfide) groups is 1. The molecule has 8 nitrogen and oxygen atoms in total. The highest BCUT2D eigenvalue weighted by Crippen LogP contribution is 2.46. The quantitative estimate of drug-likeness (QED) is 0.255. The van der Waals surface area contributed by atoms with Crippen LogP contribution in [-0.2, 0) is 23.9 Å². The van der Waals surface area contributed by atoms with Crippen LogP contribution in [0.25, 0.3) is 0 Å². The van der Waals surface area contributed by atoms with Gasteiger partial charge in [-0.05, 0) is 12.1 Å². The number of aldehydes is 1. The Hall–Kier alpha value is -3.07. The molecule has 2 atom stereocenters. The maximum atomic E-state index is 12.5. The van der Waals surface area contributed by atoms with Crippen molar-refractivity contribution in [2.24, 2.45) is 0 Å². The van der Waals surface area contributed by atoms with Crippen molar-refractivity contribution in [1.82, 2.24) is 4.90 Å². The summed E-state index contributed by atoms with van der Waals surface area (Å²) in [6.07, 6.45) is 1.84. The molecular weight excluding hydrogens is 374 g/mol. The van der Waals surface area contributed by atoms with Gasteiger partial charge in [0, 0.05) is 12.5 Å². The molecule has 2 aliphatic heterocycles. The first-order valence-corrected chi connectivity index (χ1v) is 8.84. The van der Waals surface area contributed by atoms with Gasteiger partial charge >= 0.3 is 11.9 Å². The van der Waals surface area contributed by atoms with Crippen LogP contribution in [0.2, 0.25) is 0 Å². The summed E-state index contributed by atoms with van der Waals surface area (Å²) in [5.74, 6) is -2.00. The number of β-lactam (4-membered cyclic amide) rings is 1. The van der Waals surface area contributed by atoms with E-state index in [0.717, 1.165) is 16.7 Å². The third-order valence-electron chi connectivity index (χ3n) is 3.95. The summed E-state index contributed by atoms with van der Waals surface area (Å²) < 4.78 is 10.3. The number of benzene rings is 1. The Bertz CT molecular complexity index is 862. The van der Waals surface area contributed by atoms with Gasteiger partial charge in [-0.2, -0.15) is 0 Å². The van der Waals surface area contributed by atoms with Gasteiger partial charge in [-0.15, -0.1) is 11.8 Å². The molecule has 1 aromatic carbocycles. The predicted molar refractivity (Wildman–Crippen MR) is 94.5 cm³/mol. The number of nitrogens with zero attached hydrogens (tertiary/aromatic N) is 1. The molecule has 2 aliphatic rings. The minimum Gasteiger partial charge on any atom is -0.477 e. The average molecular weight is 389 g/mol. The Morgan fingerprint density at radius 3 is 2.59 bits per heavy atom. The van der Waals surface area contributed by atoms with Crippen LogP contribution in [0.5, 0.6) is 5.75 Å². The second-order valence-corrected chi connectivity index (χ2v) is 6.91. The molecule has 1 fully saturated rings. The molecule has 9 heteroatoms. The summed E-state index contributed by atoms with van der Waals surface area (Å²) in [6, 6.07) is 8.77. The third-order valence-corrected chi connectivity index (χ3v) is 5.36. The van der Waals surface area contributed by atoms with E-state index in [0.29, 0.717) is 12.0 Å². The van der Waals surface area contributed by atoms with E-state index >= 15 is 0 Å². The summed E-state index contributed by atoms with van der Waals surface area (Å²) in [5, 5.41) is 8.03. The van der Waals surface area contributed by atoms with Gasteiger partial charge in [-0.1, -0.05) is 18.2 Å². The number of carboxylic acid groups (broad SMARTS) is 1. The van der Waals surface area contributed by atoms with Crippen molar-refractivity contribution in [1.29, 1.82) is 0 Å². The first-order chi connectivity index (χ1) is 12.9. The van der Waals surface area contributed by atoms with Crippen molar-refractivity contribution in [3.8, 4) is 5.75 Å². The molecule has 0 aliphatic carbocycles. The molecular formula is C18H15NO7S. The summed E-state index contributed by atoms with van der Waals surface area (Å²) in [7, 11) is 0. The number of aliphatic carboxylic acids is 1. The molecule has 140 valence electrons. The number of carbonyl (C=O) groups is 4. The van der Waals surface area contributed by atoms with Crippen LogP contribution in [0.15, 0.2) is 53.4 Å². The van der Waals surface area contributed by atoms with E-state index in [1.54, 1.807) is 24.3 Å². The van der Waals surface area contributed by atoms with Gasteiger partial charge in [0.25, 0.3) is 5.91 Å². The Morgan fingerprint density at radius 1 is 1.30 bits per heavy atom. The van der Waals surface area contributed by atoms with Crippen LogP contribution in [-0.4, -0.2) is 51.4 Å². The van der Waals surface area contributed by atoms with E-state index < -0.39 is 28.5 Å². The standard InChI is InChI=1S/C18H15NO7S/c1-10(21)25-8-12-14(7-20)27-17-13(9-26-11-5-3-2-4-6-11)16(22)19(17)15(12)18(23)24/h2-7,9,14,17H,8H2,1H3,(H,23,24)/t14?,17-/m0/s1. The van der Waals surface area contributed by atoms with E-state index in [1.807, 2.05) is 6.07 Å². The van der Waals surface area contributed by atoms with Gasteiger partial charge in [0.1, 0.15) is 36.0 Å². The maximum absolute atomic E-state index is 12.5. The number of carbonyl (C=O) groups excluding carboxylic acids is 3. The summed E-state index contributed by atoms with van der Waals surface area (Å²) in [6.45, 7) is 0.801. The monoisotopic (exact) mass is 389 g/mol. The number of rotatable bonds is 6. The third kappa shape index (κ3) is 3.59. The first kappa shape index (κ1) is 18.7. The molecule has 1 amide bonds. The van der Waals surface area contributed by atoms with Crippen molar-refractivity contribution < 1.29 is 33.8 Å². The molecule has 0 aromatic heterocycles. The molecule has 1 aromatic rings. The zero-order chi connectivity index (χ0) is 19.6. The lowest BCUT2D eigenvalue weighted by Crippen LogP contribution is -2.58. The lowest BCUT2D eigenvalue weighted by Gasteiger charge is -2.46. The van der Waals surface area contributed by atoms with Crippen LogP contribution >= 0.6 is 11.8 Å². The van der Waals surface area contributed by atoms with Crippen molar-refractivity contribution in [2.45, 2.75) is 17.5 Å². The molecule has 0 saturated carbocycles. The highest BCUT2D eigenvalue weighted by atomic mass is 32.2. The van der Waals surface area contributed by atoms with Gasteiger partial charge in [0.2, 0.25) is 0 Å². The zero-order valence-electron chi connectivity index (χ0n) is 14.2. The number of hydrogen-bond donors (Lipinski definition) is 1. The fourth-order valence-corrected chi connectivity index (χ4v) is 4.02. The number of hydrogen-bond acceptors (Lipinski definition) is 7. The normalized spacial score (nSPS) is 22.8. The Kier molecular flexibility index (Phi) is 5.31. The first-order valence-electron chi connectivity index (χ1n) is 7.89. The Balaban J connectivity index is 1.90.